The summed E-state index contributed by atoms with van der Waals surface area (Å²) in [5.74, 6) is -0.363. The number of aryl methyl sites for hydroxylation is 1. The summed E-state index contributed by atoms with van der Waals surface area (Å²) in [5.41, 5.74) is -0.428. The van der Waals surface area contributed by atoms with Crippen molar-refractivity contribution < 1.29 is 22.7 Å². The van der Waals surface area contributed by atoms with Gasteiger partial charge in [-0.15, -0.1) is 0 Å². The van der Waals surface area contributed by atoms with E-state index in [2.05, 4.69) is 9.97 Å². The Labute approximate surface area is 125 Å². The molecule has 0 fully saturated rings. The van der Waals surface area contributed by atoms with Crippen LogP contribution >= 0.6 is 0 Å². The lowest BCUT2D eigenvalue weighted by Gasteiger charge is -2.11. The van der Waals surface area contributed by atoms with Gasteiger partial charge in [-0.3, -0.25) is 4.79 Å². The molecule has 2 aromatic rings. The first-order valence-electron chi connectivity index (χ1n) is 6.89. The molecule has 0 aliphatic carbocycles. The summed E-state index contributed by atoms with van der Waals surface area (Å²) >= 11 is 0. The Hall–Kier alpha value is -2.18. The highest BCUT2D eigenvalue weighted by Crippen LogP contribution is 2.34. The number of halogens is 3. The molecular weight excluding hydrogens is 297 g/mol. The van der Waals surface area contributed by atoms with Gasteiger partial charge in [0.1, 0.15) is 0 Å². The van der Waals surface area contributed by atoms with E-state index in [4.69, 9.17) is 4.74 Å². The SMILES string of the molecule is CCOC(=O)CCCc1cc(C(F)(F)F)c2cccnc2n1. The van der Waals surface area contributed by atoms with Crippen molar-refractivity contribution in [3.63, 3.8) is 0 Å². The van der Waals surface area contributed by atoms with Gasteiger partial charge >= 0.3 is 12.1 Å². The largest absolute Gasteiger partial charge is 0.466 e. The normalized spacial score (nSPS) is 11.6. The molecule has 2 heterocycles. The highest BCUT2D eigenvalue weighted by molar-refractivity contribution is 5.79. The zero-order valence-corrected chi connectivity index (χ0v) is 12.0. The second kappa shape index (κ2) is 6.72. The molecule has 7 heteroatoms. The molecule has 2 rings (SSSR count). The number of hydrogen-bond acceptors (Lipinski definition) is 4. The summed E-state index contributed by atoms with van der Waals surface area (Å²) in [4.78, 5) is 19.3. The van der Waals surface area contributed by atoms with Crippen molar-refractivity contribution in [1.29, 1.82) is 0 Å². The maximum absolute atomic E-state index is 13.1. The van der Waals surface area contributed by atoms with Crippen LogP contribution in [0.5, 0.6) is 0 Å². The van der Waals surface area contributed by atoms with Crippen LogP contribution in [0.25, 0.3) is 11.0 Å². The fourth-order valence-corrected chi connectivity index (χ4v) is 2.12. The number of alkyl halides is 3. The van der Waals surface area contributed by atoms with E-state index in [1.54, 1.807) is 6.92 Å². The predicted molar refractivity (Wildman–Crippen MR) is 74.1 cm³/mol. The van der Waals surface area contributed by atoms with Crippen LogP contribution in [0.2, 0.25) is 0 Å². The Balaban J connectivity index is 2.22. The summed E-state index contributed by atoms with van der Waals surface area (Å²) in [6.07, 6.45) is -2.29. The third-order valence-corrected chi connectivity index (χ3v) is 3.06. The minimum Gasteiger partial charge on any atom is -0.466 e. The van der Waals surface area contributed by atoms with Gasteiger partial charge in [0.25, 0.3) is 0 Å². The first kappa shape index (κ1) is 16.2. The molecule has 0 amide bonds. The van der Waals surface area contributed by atoms with Crippen LogP contribution in [0.15, 0.2) is 24.4 Å². The fourth-order valence-electron chi connectivity index (χ4n) is 2.12. The van der Waals surface area contributed by atoms with E-state index < -0.39 is 11.7 Å². The highest BCUT2D eigenvalue weighted by Gasteiger charge is 2.33. The first-order chi connectivity index (χ1) is 10.4. The van der Waals surface area contributed by atoms with Gasteiger partial charge < -0.3 is 4.74 Å². The Bertz CT molecular complexity index is 671. The molecule has 22 heavy (non-hydrogen) atoms. The van der Waals surface area contributed by atoms with Gasteiger partial charge in [0.15, 0.2) is 5.65 Å². The van der Waals surface area contributed by atoms with Gasteiger partial charge in [-0.2, -0.15) is 13.2 Å². The van der Waals surface area contributed by atoms with Crippen LogP contribution in [0.3, 0.4) is 0 Å². The summed E-state index contributed by atoms with van der Waals surface area (Å²) in [5, 5.41) is -0.0239. The summed E-state index contributed by atoms with van der Waals surface area (Å²) in [6.45, 7) is 1.99. The minimum absolute atomic E-state index is 0.0239. The van der Waals surface area contributed by atoms with Gasteiger partial charge in [-0.1, -0.05) is 0 Å². The van der Waals surface area contributed by atoms with E-state index in [0.29, 0.717) is 6.42 Å². The van der Waals surface area contributed by atoms with Crippen LogP contribution in [-0.4, -0.2) is 22.5 Å². The summed E-state index contributed by atoms with van der Waals surface area (Å²) < 4.78 is 44.1. The molecule has 0 saturated heterocycles. The van der Waals surface area contributed by atoms with Crippen LogP contribution in [0, 0.1) is 0 Å². The molecule has 0 aliphatic heterocycles. The second-order valence-electron chi connectivity index (χ2n) is 4.69. The molecule has 0 unspecified atom stereocenters. The molecular formula is C15H15F3N2O2. The van der Waals surface area contributed by atoms with Crippen molar-refractivity contribution in [1.82, 2.24) is 9.97 Å². The molecule has 0 radical (unpaired) electrons. The van der Waals surface area contributed by atoms with Crippen molar-refractivity contribution in [2.75, 3.05) is 6.61 Å². The van der Waals surface area contributed by atoms with Gasteiger partial charge in [0.05, 0.1) is 12.2 Å². The topological polar surface area (TPSA) is 52.1 Å². The lowest BCUT2D eigenvalue weighted by Crippen LogP contribution is -2.09. The fraction of sp³-hybridized carbons (Fsp3) is 0.400. The number of nitrogens with zero attached hydrogens (tertiary/aromatic N) is 2. The molecule has 0 aliphatic rings. The van der Waals surface area contributed by atoms with Crippen molar-refractivity contribution >= 4 is 17.0 Å². The lowest BCUT2D eigenvalue weighted by atomic mass is 10.1. The van der Waals surface area contributed by atoms with Gasteiger partial charge in [-0.25, -0.2) is 9.97 Å². The maximum Gasteiger partial charge on any atom is 0.417 e. The average Bonchev–Trinajstić information content (AvgIpc) is 2.45. The Morgan fingerprint density at radius 2 is 2.14 bits per heavy atom. The average molecular weight is 312 g/mol. The zero-order chi connectivity index (χ0) is 16.2. The van der Waals surface area contributed by atoms with Crippen LogP contribution in [0.4, 0.5) is 13.2 Å². The summed E-state index contributed by atoms with van der Waals surface area (Å²) in [7, 11) is 0. The third-order valence-electron chi connectivity index (χ3n) is 3.06. The second-order valence-corrected chi connectivity index (χ2v) is 4.69. The number of esters is 1. The quantitative estimate of drug-likeness (QED) is 0.793. The van der Waals surface area contributed by atoms with Gasteiger partial charge in [-0.05, 0) is 38.0 Å². The van der Waals surface area contributed by atoms with Crippen molar-refractivity contribution in [2.45, 2.75) is 32.4 Å². The van der Waals surface area contributed by atoms with Gasteiger partial charge in [0, 0.05) is 23.7 Å². The first-order valence-corrected chi connectivity index (χ1v) is 6.89. The Morgan fingerprint density at radius 1 is 1.36 bits per heavy atom. The number of aromatic nitrogens is 2. The van der Waals surface area contributed by atoms with Crippen molar-refractivity contribution in [3.05, 3.63) is 35.7 Å². The number of carbonyl (C=O) groups excluding carboxylic acids is 1. The summed E-state index contributed by atoms with van der Waals surface area (Å²) in [6, 6.07) is 3.81. The van der Waals surface area contributed by atoms with E-state index in [1.165, 1.54) is 18.3 Å². The molecule has 4 nitrogen and oxygen atoms in total. The number of pyridine rings is 2. The number of carbonyl (C=O) groups is 1. The number of rotatable bonds is 5. The number of hydrogen-bond donors (Lipinski definition) is 0. The highest BCUT2D eigenvalue weighted by atomic mass is 19.4. The monoisotopic (exact) mass is 312 g/mol. The number of ether oxygens (including phenoxy) is 1. The predicted octanol–water partition coefficient (Wildman–Crippen LogP) is 3.53. The Morgan fingerprint density at radius 3 is 2.82 bits per heavy atom. The van der Waals surface area contributed by atoms with E-state index in [0.717, 1.165) is 6.07 Å². The standard InChI is InChI=1S/C15H15F3N2O2/c1-2-22-13(21)7-3-5-10-9-12(15(16,17)18)11-6-4-8-19-14(11)20-10/h4,6,8-9H,2-3,5,7H2,1H3. The zero-order valence-electron chi connectivity index (χ0n) is 12.0. The van der Waals surface area contributed by atoms with E-state index in [9.17, 15) is 18.0 Å². The van der Waals surface area contributed by atoms with Crippen molar-refractivity contribution in [3.8, 4) is 0 Å². The molecule has 2 aromatic heterocycles. The minimum atomic E-state index is -4.47. The molecule has 0 bridgehead atoms. The van der Waals surface area contributed by atoms with Crippen molar-refractivity contribution in [2.24, 2.45) is 0 Å². The van der Waals surface area contributed by atoms with E-state index >= 15 is 0 Å². The van der Waals surface area contributed by atoms with Crippen LogP contribution in [0.1, 0.15) is 31.0 Å². The van der Waals surface area contributed by atoms with Gasteiger partial charge in [0.2, 0.25) is 0 Å². The molecule has 0 N–H and O–H groups in total. The lowest BCUT2D eigenvalue weighted by molar-refractivity contribution is -0.143. The molecule has 0 atom stereocenters. The van der Waals surface area contributed by atoms with E-state index in [-0.39, 0.29) is 42.1 Å². The molecule has 0 spiro atoms. The molecule has 0 saturated carbocycles. The molecule has 118 valence electrons. The van der Waals surface area contributed by atoms with Crippen LogP contribution < -0.4 is 0 Å². The Kier molecular flexibility index (Phi) is 4.95. The smallest absolute Gasteiger partial charge is 0.417 e. The molecule has 0 aromatic carbocycles. The van der Waals surface area contributed by atoms with E-state index in [1.807, 2.05) is 0 Å². The maximum atomic E-state index is 13.1. The van der Waals surface area contributed by atoms with Crippen LogP contribution in [-0.2, 0) is 22.1 Å². The number of fused-ring (bicyclic) bond motifs is 1. The third kappa shape index (κ3) is 3.93.